The molecule has 5 rings (SSSR count). The average molecular weight is 398 g/mol. The Kier molecular flexibility index (Phi) is 4.63. The van der Waals surface area contributed by atoms with Crippen LogP contribution in [0.5, 0.6) is 0 Å². The number of H-pyrrole nitrogens is 1. The summed E-state index contributed by atoms with van der Waals surface area (Å²) in [6.45, 7) is 1.33. The summed E-state index contributed by atoms with van der Waals surface area (Å²) in [5.74, 6) is 0.390. The molecule has 1 atom stereocenters. The van der Waals surface area contributed by atoms with E-state index in [-0.39, 0.29) is 17.8 Å². The maximum atomic E-state index is 13.1. The van der Waals surface area contributed by atoms with Crippen LogP contribution in [0.15, 0.2) is 60.8 Å². The zero-order valence-corrected chi connectivity index (χ0v) is 16.5. The number of aromatic nitrogens is 4. The van der Waals surface area contributed by atoms with E-state index in [0.29, 0.717) is 12.2 Å². The molecule has 2 aromatic heterocycles. The number of hydrogen-bond acceptors (Lipinski definition) is 5. The number of aromatic amines is 1. The Morgan fingerprint density at radius 1 is 1.10 bits per heavy atom. The summed E-state index contributed by atoms with van der Waals surface area (Å²) in [6.07, 6.45) is 3.57. The Morgan fingerprint density at radius 2 is 1.97 bits per heavy atom. The second-order valence-corrected chi connectivity index (χ2v) is 7.66. The standard InChI is InChI=1S/C23H22N6O/c24-23-25-10-9-19(26-23)18-6-3-11-29(14-18)22(30)21-13-20(27-28-21)17-8-7-15-4-1-2-5-16(15)12-17/h1-2,4-5,7-10,12-13,18H,3,6,11,14H2,(H,27,28)(H2,24,25,26). The van der Waals surface area contributed by atoms with Gasteiger partial charge in [-0.15, -0.1) is 0 Å². The molecule has 0 aliphatic carbocycles. The minimum Gasteiger partial charge on any atom is -0.368 e. The minimum absolute atomic E-state index is 0.0405. The number of nitrogens with zero attached hydrogens (tertiary/aromatic N) is 4. The van der Waals surface area contributed by atoms with E-state index in [9.17, 15) is 4.79 Å². The van der Waals surface area contributed by atoms with Crippen LogP contribution in [-0.2, 0) is 0 Å². The third-order valence-corrected chi connectivity index (χ3v) is 5.68. The van der Waals surface area contributed by atoms with Crippen LogP contribution in [0.3, 0.4) is 0 Å². The van der Waals surface area contributed by atoms with Crippen LogP contribution in [0.25, 0.3) is 22.0 Å². The molecule has 1 aliphatic heterocycles. The molecular formula is C23H22N6O. The highest BCUT2D eigenvalue weighted by atomic mass is 16.2. The quantitative estimate of drug-likeness (QED) is 0.549. The molecular weight excluding hydrogens is 376 g/mol. The van der Waals surface area contributed by atoms with E-state index in [1.807, 2.05) is 35.2 Å². The lowest BCUT2D eigenvalue weighted by Gasteiger charge is -2.32. The van der Waals surface area contributed by atoms with E-state index in [2.05, 4.69) is 44.4 Å². The van der Waals surface area contributed by atoms with E-state index in [4.69, 9.17) is 5.73 Å². The van der Waals surface area contributed by atoms with E-state index in [1.54, 1.807) is 6.20 Å². The van der Waals surface area contributed by atoms with Crippen LogP contribution < -0.4 is 5.73 Å². The predicted octanol–water partition coefficient (Wildman–Crippen LogP) is 3.62. The third-order valence-electron chi connectivity index (χ3n) is 5.68. The zero-order valence-electron chi connectivity index (χ0n) is 16.5. The fraction of sp³-hybridized carbons (Fsp3) is 0.217. The van der Waals surface area contributed by atoms with Crippen molar-refractivity contribution in [3.05, 3.63) is 72.2 Å². The fourth-order valence-corrected chi connectivity index (χ4v) is 4.12. The summed E-state index contributed by atoms with van der Waals surface area (Å²) in [7, 11) is 0. The van der Waals surface area contributed by atoms with Gasteiger partial charge in [0, 0.05) is 30.8 Å². The van der Waals surface area contributed by atoms with Crippen molar-refractivity contribution in [1.29, 1.82) is 0 Å². The van der Waals surface area contributed by atoms with Gasteiger partial charge >= 0.3 is 0 Å². The number of amides is 1. The molecule has 0 saturated carbocycles. The fourth-order valence-electron chi connectivity index (χ4n) is 4.12. The lowest BCUT2D eigenvalue weighted by Crippen LogP contribution is -2.39. The first-order valence-corrected chi connectivity index (χ1v) is 10.1. The van der Waals surface area contributed by atoms with Gasteiger partial charge in [0.1, 0.15) is 5.69 Å². The monoisotopic (exact) mass is 398 g/mol. The van der Waals surface area contributed by atoms with Crippen LogP contribution in [0.2, 0.25) is 0 Å². The second-order valence-electron chi connectivity index (χ2n) is 7.66. The van der Waals surface area contributed by atoms with Gasteiger partial charge in [-0.25, -0.2) is 9.97 Å². The van der Waals surface area contributed by atoms with Gasteiger partial charge in [0.2, 0.25) is 5.95 Å². The SMILES string of the molecule is Nc1nccc(C2CCCN(C(=O)c3cc(-c4ccc5ccccc5c4)n[nH]3)C2)n1. The summed E-state index contributed by atoms with van der Waals surface area (Å²) in [6, 6.07) is 18.1. The minimum atomic E-state index is -0.0405. The number of nitrogens with two attached hydrogens (primary N) is 1. The molecule has 150 valence electrons. The van der Waals surface area contributed by atoms with Crippen molar-refractivity contribution in [2.45, 2.75) is 18.8 Å². The summed E-state index contributed by atoms with van der Waals surface area (Å²) in [4.78, 5) is 23.3. The largest absolute Gasteiger partial charge is 0.368 e. The molecule has 0 radical (unpaired) electrons. The number of nitrogens with one attached hydrogen (secondary N) is 1. The Labute approximate surface area is 174 Å². The molecule has 0 spiro atoms. The molecule has 3 heterocycles. The number of carbonyl (C=O) groups excluding carboxylic acids is 1. The first-order chi connectivity index (χ1) is 14.7. The number of anilines is 1. The maximum absolute atomic E-state index is 13.1. The molecule has 1 aliphatic rings. The lowest BCUT2D eigenvalue weighted by molar-refractivity contribution is 0.0700. The van der Waals surface area contributed by atoms with Crippen LogP contribution in [0.1, 0.15) is 34.9 Å². The summed E-state index contributed by atoms with van der Waals surface area (Å²) in [5.41, 5.74) is 8.87. The zero-order chi connectivity index (χ0) is 20.5. The Morgan fingerprint density at radius 3 is 2.83 bits per heavy atom. The highest BCUT2D eigenvalue weighted by molar-refractivity contribution is 5.94. The number of hydrogen-bond donors (Lipinski definition) is 2. The Hall–Kier alpha value is -3.74. The van der Waals surface area contributed by atoms with Crippen LogP contribution in [-0.4, -0.2) is 44.1 Å². The van der Waals surface area contributed by atoms with Crippen molar-refractivity contribution >= 4 is 22.6 Å². The number of piperidine rings is 1. The summed E-state index contributed by atoms with van der Waals surface area (Å²) in [5, 5.41) is 9.64. The maximum Gasteiger partial charge on any atom is 0.271 e. The number of nitrogen functional groups attached to an aromatic ring is 1. The highest BCUT2D eigenvalue weighted by Gasteiger charge is 2.27. The van der Waals surface area contributed by atoms with Crippen molar-refractivity contribution in [2.24, 2.45) is 0 Å². The van der Waals surface area contributed by atoms with Crippen molar-refractivity contribution in [3.63, 3.8) is 0 Å². The topological polar surface area (TPSA) is 101 Å². The number of likely N-dealkylation sites (tertiary alicyclic amines) is 1. The van der Waals surface area contributed by atoms with Gasteiger partial charge in [0.05, 0.1) is 11.4 Å². The second kappa shape index (κ2) is 7.59. The molecule has 1 fully saturated rings. The predicted molar refractivity (Wildman–Crippen MR) is 116 cm³/mol. The number of benzene rings is 2. The van der Waals surface area contributed by atoms with E-state index < -0.39 is 0 Å². The third kappa shape index (κ3) is 3.50. The molecule has 1 saturated heterocycles. The molecule has 4 aromatic rings. The normalized spacial score (nSPS) is 16.7. The van der Waals surface area contributed by atoms with E-state index in [1.165, 1.54) is 5.39 Å². The van der Waals surface area contributed by atoms with Gasteiger partial charge in [-0.2, -0.15) is 5.10 Å². The smallest absolute Gasteiger partial charge is 0.271 e. The van der Waals surface area contributed by atoms with Crippen LogP contribution >= 0.6 is 0 Å². The van der Waals surface area contributed by atoms with Gasteiger partial charge in [0.15, 0.2) is 0 Å². The molecule has 2 aromatic carbocycles. The first-order valence-electron chi connectivity index (χ1n) is 10.1. The molecule has 1 amide bonds. The molecule has 0 bridgehead atoms. The molecule has 3 N–H and O–H groups in total. The van der Waals surface area contributed by atoms with Crippen molar-refractivity contribution < 1.29 is 4.79 Å². The van der Waals surface area contributed by atoms with Gasteiger partial charge in [-0.3, -0.25) is 9.89 Å². The van der Waals surface area contributed by atoms with Gasteiger partial charge in [-0.1, -0.05) is 36.4 Å². The molecule has 7 heteroatoms. The first kappa shape index (κ1) is 18.3. The number of carbonyl (C=O) groups is 1. The van der Waals surface area contributed by atoms with Crippen LogP contribution in [0.4, 0.5) is 5.95 Å². The van der Waals surface area contributed by atoms with E-state index >= 15 is 0 Å². The highest BCUT2D eigenvalue weighted by Crippen LogP contribution is 2.28. The van der Waals surface area contributed by atoms with Crippen molar-refractivity contribution in [1.82, 2.24) is 25.1 Å². The van der Waals surface area contributed by atoms with Gasteiger partial charge < -0.3 is 10.6 Å². The Bertz CT molecular complexity index is 1220. The number of fused-ring (bicyclic) bond motifs is 1. The molecule has 7 nitrogen and oxygen atoms in total. The van der Waals surface area contributed by atoms with E-state index in [0.717, 1.165) is 41.7 Å². The van der Waals surface area contributed by atoms with Crippen molar-refractivity contribution in [2.75, 3.05) is 18.8 Å². The van der Waals surface area contributed by atoms with Gasteiger partial charge in [-0.05, 0) is 41.8 Å². The average Bonchev–Trinajstić information content (AvgIpc) is 3.29. The lowest BCUT2D eigenvalue weighted by atomic mass is 9.94. The summed E-state index contributed by atoms with van der Waals surface area (Å²) >= 11 is 0. The summed E-state index contributed by atoms with van der Waals surface area (Å²) < 4.78 is 0. The molecule has 1 unspecified atom stereocenters. The number of rotatable bonds is 3. The van der Waals surface area contributed by atoms with Crippen molar-refractivity contribution in [3.8, 4) is 11.3 Å². The van der Waals surface area contributed by atoms with Gasteiger partial charge in [0.25, 0.3) is 5.91 Å². The molecule has 30 heavy (non-hydrogen) atoms. The van der Waals surface area contributed by atoms with Crippen LogP contribution in [0, 0.1) is 0 Å². The Balaban J connectivity index is 1.35.